The average molecular weight is 346 g/mol. The first-order chi connectivity index (χ1) is 8.06. The Kier molecular flexibility index (Phi) is 3.73. The van der Waals surface area contributed by atoms with Crippen molar-refractivity contribution < 1.29 is 13.9 Å². The van der Waals surface area contributed by atoms with Gasteiger partial charge in [0.25, 0.3) is 0 Å². The Hall–Kier alpha value is -1.01. The van der Waals surface area contributed by atoms with Crippen molar-refractivity contribution in [2.75, 3.05) is 0 Å². The molecule has 1 atom stereocenters. The van der Waals surface area contributed by atoms with Crippen LogP contribution in [0, 0.1) is 15.2 Å². The molecule has 0 aliphatic rings. The van der Waals surface area contributed by atoms with Crippen molar-refractivity contribution in [2.45, 2.75) is 6.10 Å². The van der Waals surface area contributed by atoms with Gasteiger partial charge in [-0.15, -0.1) is 0 Å². The van der Waals surface area contributed by atoms with Gasteiger partial charge in [-0.05, 0) is 58.0 Å². The van der Waals surface area contributed by atoms with Crippen molar-refractivity contribution >= 4 is 22.6 Å². The number of halogens is 3. The molecule has 1 unspecified atom stereocenters. The van der Waals surface area contributed by atoms with E-state index < -0.39 is 17.7 Å². The molecule has 0 saturated heterocycles. The molecule has 0 aliphatic carbocycles. The second-order valence-electron chi connectivity index (χ2n) is 3.66. The Bertz CT molecular complexity index is 505. The highest BCUT2D eigenvalue weighted by atomic mass is 127. The molecular weight excluding hydrogens is 337 g/mol. The topological polar surface area (TPSA) is 20.2 Å². The lowest BCUT2D eigenvalue weighted by molar-refractivity contribution is 0.219. The van der Waals surface area contributed by atoms with Crippen LogP contribution in [-0.2, 0) is 0 Å². The molecule has 0 aliphatic heterocycles. The molecule has 0 heterocycles. The molecule has 2 rings (SSSR count). The first-order valence-corrected chi connectivity index (χ1v) is 6.03. The highest BCUT2D eigenvalue weighted by Gasteiger charge is 2.12. The lowest BCUT2D eigenvalue weighted by atomic mass is 10.0. The SMILES string of the molecule is OC(c1ccc(I)cc1)c1cc(F)cc(F)c1. The van der Waals surface area contributed by atoms with Crippen LogP contribution >= 0.6 is 22.6 Å². The Labute approximate surface area is 111 Å². The summed E-state index contributed by atoms with van der Waals surface area (Å²) >= 11 is 2.14. The van der Waals surface area contributed by atoms with Crippen LogP contribution in [0.25, 0.3) is 0 Å². The summed E-state index contributed by atoms with van der Waals surface area (Å²) in [6.07, 6.45) is -1.02. The summed E-state index contributed by atoms with van der Waals surface area (Å²) in [5, 5.41) is 10.00. The first-order valence-electron chi connectivity index (χ1n) is 4.96. The molecule has 0 radical (unpaired) electrons. The quantitative estimate of drug-likeness (QED) is 0.823. The summed E-state index contributed by atoms with van der Waals surface area (Å²) < 4.78 is 27.1. The van der Waals surface area contributed by atoms with Crippen LogP contribution < -0.4 is 0 Å². The van der Waals surface area contributed by atoms with Gasteiger partial charge < -0.3 is 5.11 Å². The van der Waals surface area contributed by atoms with Crippen molar-refractivity contribution in [3.63, 3.8) is 0 Å². The maximum atomic E-state index is 13.0. The number of hydrogen-bond acceptors (Lipinski definition) is 1. The van der Waals surface area contributed by atoms with Gasteiger partial charge in [-0.25, -0.2) is 8.78 Å². The molecule has 0 spiro atoms. The minimum Gasteiger partial charge on any atom is -0.384 e. The second kappa shape index (κ2) is 5.10. The van der Waals surface area contributed by atoms with Gasteiger partial charge in [-0.1, -0.05) is 12.1 Å². The molecule has 1 nitrogen and oxygen atoms in total. The summed E-state index contributed by atoms with van der Waals surface area (Å²) in [4.78, 5) is 0. The van der Waals surface area contributed by atoms with E-state index in [2.05, 4.69) is 22.6 Å². The summed E-state index contributed by atoms with van der Waals surface area (Å²) in [6.45, 7) is 0. The number of rotatable bonds is 2. The van der Waals surface area contributed by atoms with Crippen molar-refractivity contribution in [1.29, 1.82) is 0 Å². The summed E-state index contributed by atoms with van der Waals surface area (Å²) in [7, 11) is 0. The van der Waals surface area contributed by atoms with Crippen LogP contribution in [0.4, 0.5) is 8.78 Å². The molecular formula is C13H9F2IO. The Morgan fingerprint density at radius 2 is 1.41 bits per heavy atom. The summed E-state index contributed by atoms with van der Waals surface area (Å²) in [6, 6.07) is 10.2. The van der Waals surface area contributed by atoms with E-state index in [-0.39, 0.29) is 5.56 Å². The van der Waals surface area contributed by atoms with Crippen LogP contribution in [0.2, 0.25) is 0 Å². The third kappa shape index (κ3) is 3.01. The lowest BCUT2D eigenvalue weighted by Gasteiger charge is -2.11. The minimum atomic E-state index is -1.02. The summed E-state index contributed by atoms with van der Waals surface area (Å²) in [5.74, 6) is -1.38. The molecule has 1 N–H and O–H groups in total. The second-order valence-corrected chi connectivity index (χ2v) is 4.90. The zero-order valence-electron chi connectivity index (χ0n) is 8.70. The van der Waals surface area contributed by atoms with Crippen LogP contribution in [0.3, 0.4) is 0 Å². The van der Waals surface area contributed by atoms with Gasteiger partial charge in [0.1, 0.15) is 17.7 Å². The average Bonchev–Trinajstić information content (AvgIpc) is 2.28. The lowest BCUT2D eigenvalue weighted by Crippen LogP contribution is -2.01. The molecule has 17 heavy (non-hydrogen) atoms. The molecule has 0 saturated carbocycles. The smallest absolute Gasteiger partial charge is 0.126 e. The third-order valence-electron chi connectivity index (χ3n) is 2.39. The van der Waals surface area contributed by atoms with Crippen LogP contribution in [0.1, 0.15) is 17.2 Å². The van der Waals surface area contributed by atoms with E-state index in [0.717, 1.165) is 21.8 Å². The maximum absolute atomic E-state index is 13.0. The minimum absolute atomic E-state index is 0.212. The number of aliphatic hydroxyl groups excluding tert-OH is 1. The van der Waals surface area contributed by atoms with E-state index in [4.69, 9.17) is 0 Å². The fourth-order valence-corrected chi connectivity index (χ4v) is 1.93. The zero-order valence-corrected chi connectivity index (χ0v) is 10.9. The van der Waals surface area contributed by atoms with Gasteiger partial charge in [0.15, 0.2) is 0 Å². The zero-order chi connectivity index (χ0) is 12.4. The fraction of sp³-hybridized carbons (Fsp3) is 0.0769. The van der Waals surface area contributed by atoms with E-state index >= 15 is 0 Å². The van der Waals surface area contributed by atoms with Gasteiger partial charge in [-0.2, -0.15) is 0 Å². The molecule has 0 amide bonds. The Morgan fingerprint density at radius 3 is 1.94 bits per heavy atom. The van der Waals surface area contributed by atoms with E-state index in [1.54, 1.807) is 12.1 Å². The van der Waals surface area contributed by atoms with Crippen molar-refractivity contribution in [3.8, 4) is 0 Å². The van der Waals surface area contributed by atoms with Crippen LogP contribution in [0.15, 0.2) is 42.5 Å². The van der Waals surface area contributed by atoms with Gasteiger partial charge in [0.05, 0.1) is 0 Å². The monoisotopic (exact) mass is 346 g/mol. The Morgan fingerprint density at radius 1 is 0.882 bits per heavy atom. The fourth-order valence-electron chi connectivity index (χ4n) is 1.57. The molecule has 0 bridgehead atoms. The largest absolute Gasteiger partial charge is 0.384 e. The van der Waals surface area contributed by atoms with Gasteiger partial charge in [0, 0.05) is 9.64 Å². The molecule has 0 fully saturated rings. The molecule has 88 valence electrons. The number of aliphatic hydroxyl groups is 1. The van der Waals surface area contributed by atoms with Gasteiger partial charge in [0.2, 0.25) is 0 Å². The number of hydrogen-bond donors (Lipinski definition) is 1. The van der Waals surface area contributed by atoms with E-state index in [1.165, 1.54) is 0 Å². The molecule has 2 aromatic carbocycles. The van der Waals surface area contributed by atoms with E-state index in [0.29, 0.717) is 5.56 Å². The van der Waals surface area contributed by atoms with Crippen molar-refractivity contribution in [1.82, 2.24) is 0 Å². The van der Waals surface area contributed by atoms with Crippen molar-refractivity contribution in [2.24, 2.45) is 0 Å². The normalized spacial score (nSPS) is 12.5. The molecule has 2 aromatic rings. The third-order valence-corrected chi connectivity index (χ3v) is 3.11. The molecule has 0 aromatic heterocycles. The standard InChI is InChI=1S/C13H9F2IO/c14-10-5-9(6-11(15)7-10)13(17)8-1-3-12(16)4-2-8/h1-7,13,17H. The van der Waals surface area contributed by atoms with Crippen molar-refractivity contribution in [3.05, 3.63) is 68.8 Å². The predicted molar refractivity (Wildman–Crippen MR) is 69.6 cm³/mol. The highest BCUT2D eigenvalue weighted by molar-refractivity contribution is 14.1. The summed E-state index contributed by atoms with van der Waals surface area (Å²) in [5.41, 5.74) is 0.819. The first kappa shape index (κ1) is 12.4. The molecule has 4 heteroatoms. The Balaban J connectivity index is 2.36. The predicted octanol–water partition coefficient (Wildman–Crippen LogP) is 3.65. The van der Waals surface area contributed by atoms with Crippen LogP contribution in [-0.4, -0.2) is 5.11 Å². The maximum Gasteiger partial charge on any atom is 0.126 e. The van der Waals surface area contributed by atoms with E-state index in [1.807, 2.05) is 12.1 Å². The van der Waals surface area contributed by atoms with Gasteiger partial charge >= 0.3 is 0 Å². The highest BCUT2D eigenvalue weighted by Crippen LogP contribution is 2.24. The van der Waals surface area contributed by atoms with Crippen LogP contribution in [0.5, 0.6) is 0 Å². The number of benzene rings is 2. The van der Waals surface area contributed by atoms with E-state index in [9.17, 15) is 13.9 Å². The van der Waals surface area contributed by atoms with Gasteiger partial charge in [-0.3, -0.25) is 0 Å².